The van der Waals surface area contributed by atoms with Crippen LogP contribution in [0.5, 0.6) is 0 Å². The predicted molar refractivity (Wildman–Crippen MR) is 74.1 cm³/mol. The maximum atomic E-state index is 12.9. The molecule has 1 amide bonds. The van der Waals surface area contributed by atoms with Crippen molar-refractivity contribution in [2.24, 2.45) is 0 Å². The minimum absolute atomic E-state index is 0.120. The minimum atomic E-state index is -0.283. The average Bonchev–Trinajstić information content (AvgIpc) is 2.69. The summed E-state index contributed by atoms with van der Waals surface area (Å²) < 4.78 is 12.9. The molecule has 1 aliphatic heterocycles. The number of benzene rings is 2. The molecule has 2 aromatic rings. The van der Waals surface area contributed by atoms with E-state index in [1.54, 1.807) is 18.2 Å². The lowest BCUT2D eigenvalue weighted by atomic mass is 10.0. The third-order valence-corrected chi connectivity index (χ3v) is 3.14. The summed E-state index contributed by atoms with van der Waals surface area (Å²) in [5, 5.41) is 2.83. The van der Waals surface area contributed by atoms with E-state index in [9.17, 15) is 9.18 Å². The monoisotopic (exact) mass is 253 g/mol. The van der Waals surface area contributed by atoms with Gasteiger partial charge in [-0.3, -0.25) is 4.79 Å². The molecular formula is C16H12FNO. The van der Waals surface area contributed by atoms with Crippen LogP contribution < -0.4 is 5.32 Å². The van der Waals surface area contributed by atoms with Crippen LogP contribution in [-0.4, -0.2) is 5.91 Å². The highest BCUT2D eigenvalue weighted by molar-refractivity contribution is 6.34. The molecule has 3 rings (SSSR count). The minimum Gasteiger partial charge on any atom is -0.321 e. The molecular weight excluding hydrogens is 241 g/mol. The third kappa shape index (κ3) is 2.15. The molecule has 0 spiro atoms. The molecule has 2 aromatic carbocycles. The Morgan fingerprint density at radius 2 is 1.84 bits per heavy atom. The molecule has 0 atom stereocenters. The highest BCUT2D eigenvalue weighted by atomic mass is 19.1. The molecule has 0 bridgehead atoms. The Hall–Kier alpha value is -2.42. The van der Waals surface area contributed by atoms with E-state index < -0.39 is 0 Å². The normalized spacial score (nSPS) is 15.5. The van der Waals surface area contributed by atoms with Gasteiger partial charge in [-0.15, -0.1) is 0 Å². The van der Waals surface area contributed by atoms with E-state index in [1.807, 2.05) is 25.1 Å². The van der Waals surface area contributed by atoms with Crippen LogP contribution in [0.4, 0.5) is 10.1 Å². The zero-order valence-electron chi connectivity index (χ0n) is 10.4. The summed E-state index contributed by atoms with van der Waals surface area (Å²) in [4.78, 5) is 12.0. The van der Waals surface area contributed by atoms with Crippen molar-refractivity contribution in [3.8, 4) is 0 Å². The number of fused-ring (bicyclic) bond motifs is 1. The molecule has 0 saturated heterocycles. The Morgan fingerprint density at radius 3 is 2.58 bits per heavy atom. The van der Waals surface area contributed by atoms with Gasteiger partial charge >= 0.3 is 0 Å². The van der Waals surface area contributed by atoms with Crippen molar-refractivity contribution in [2.75, 3.05) is 5.32 Å². The molecule has 0 saturated carbocycles. The fourth-order valence-corrected chi connectivity index (χ4v) is 2.17. The van der Waals surface area contributed by atoms with E-state index >= 15 is 0 Å². The molecule has 0 unspecified atom stereocenters. The summed E-state index contributed by atoms with van der Waals surface area (Å²) in [6.45, 7) is 1.98. The van der Waals surface area contributed by atoms with Crippen molar-refractivity contribution in [3.63, 3.8) is 0 Å². The summed E-state index contributed by atoms with van der Waals surface area (Å²) in [7, 11) is 0. The number of amides is 1. The zero-order chi connectivity index (χ0) is 13.4. The molecule has 2 nitrogen and oxygen atoms in total. The summed E-state index contributed by atoms with van der Waals surface area (Å²) in [5.74, 6) is -0.404. The standard InChI is InChI=1S/C16H12FNO/c1-10-2-7-15-13(8-10)14(16(19)18-15)9-11-3-5-12(17)6-4-11/h2-9H,1H3,(H,18,19)/b14-9-. The second-order valence-electron chi connectivity index (χ2n) is 4.61. The molecule has 0 radical (unpaired) electrons. The van der Waals surface area contributed by atoms with Crippen molar-refractivity contribution in [1.29, 1.82) is 0 Å². The Balaban J connectivity index is 2.08. The fraction of sp³-hybridized carbons (Fsp3) is 0.0625. The molecule has 0 fully saturated rings. The van der Waals surface area contributed by atoms with Gasteiger partial charge in [0.15, 0.2) is 0 Å². The van der Waals surface area contributed by atoms with Crippen LogP contribution in [0.25, 0.3) is 11.6 Å². The van der Waals surface area contributed by atoms with E-state index in [2.05, 4.69) is 5.32 Å². The molecule has 3 heteroatoms. The van der Waals surface area contributed by atoms with Crippen LogP contribution in [0.15, 0.2) is 42.5 Å². The summed E-state index contributed by atoms with van der Waals surface area (Å²) in [6, 6.07) is 11.9. The smallest absolute Gasteiger partial charge is 0.256 e. The number of aryl methyl sites for hydroxylation is 1. The zero-order valence-corrected chi connectivity index (χ0v) is 10.4. The van der Waals surface area contributed by atoms with Crippen LogP contribution in [0.2, 0.25) is 0 Å². The van der Waals surface area contributed by atoms with E-state index in [0.717, 1.165) is 22.4 Å². The van der Waals surface area contributed by atoms with Gasteiger partial charge in [0.05, 0.1) is 0 Å². The topological polar surface area (TPSA) is 29.1 Å². The van der Waals surface area contributed by atoms with Crippen LogP contribution in [0, 0.1) is 12.7 Å². The Kier molecular flexibility index (Phi) is 2.67. The number of hydrogen-bond acceptors (Lipinski definition) is 1. The first-order valence-corrected chi connectivity index (χ1v) is 6.03. The van der Waals surface area contributed by atoms with Crippen molar-refractivity contribution in [3.05, 3.63) is 65.0 Å². The Bertz CT molecular complexity index is 686. The van der Waals surface area contributed by atoms with E-state index in [0.29, 0.717) is 5.57 Å². The molecule has 1 aliphatic rings. The first-order chi connectivity index (χ1) is 9.13. The number of hydrogen-bond donors (Lipinski definition) is 1. The van der Waals surface area contributed by atoms with E-state index in [-0.39, 0.29) is 11.7 Å². The summed E-state index contributed by atoms with van der Waals surface area (Å²) in [5.41, 5.74) is 4.24. The van der Waals surface area contributed by atoms with Gasteiger partial charge in [-0.05, 0) is 42.8 Å². The highest BCUT2D eigenvalue weighted by Crippen LogP contribution is 2.33. The number of carbonyl (C=O) groups is 1. The van der Waals surface area contributed by atoms with Gasteiger partial charge in [-0.25, -0.2) is 4.39 Å². The Labute approximate surface area is 110 Å². The van der Waals surface area contributed by atoms with Gasteiger partial charge in [-0.1, -0.05) is 23.8 Å². The SMILES string of the molecule is Cc1ccc2c(c1)/C(=C/c1ccc(F)cc1)C(=O)N2. The lowest BCUT2D eigenvalue weighted by molar-refractivity contribution is -0.110. The number of carbonyl (C=O) groups excluding carboxylic acids is 1. The lowest BCUT2D eigenvalue weighted by Crippen LogP contribution is -2.03. The van der Waals surface area contributed by atoms with Gasteiger partial charge in [0.1, 0.15) is 5.82 Å². The van der Waals surface area contributed by atoms with E-state index in [4.69, 9.17) is 0 Å². The largest absolute Gasteiger partial charge is 0.321 e. The van der Waals surface area contributed by atoms with Crippen LogP contribution in [-0.2, 0) is 4.79 Å². The van der Waals surface area contributed by atoms with Gasteiger partial charge < -0.3 is 5.32 Å². The Morgan fingerprint density at radius 1 is 1.11 bits per heavy atom. The van der Waals surface area contributed by atoms with Gasteiger partial charge in [0.2, 0.25) is 0 Å². The first-order valence-electron chi connectivity index (χ1n) is 6.03. The lowest BCUT2D eigenvalue weighted by Gasteiger charge is -2.00. The quantitative estimate of drug-likeness (QED) is 0.772. The van der Waals surface area contributed by atoms with Gasteiger partial charge in [0.25, 0.3) is 5.91 Å². The van der Waals surface area contributed by atoms with Gasteiger partial charge in [-0.2, -0.15) is 0 Å². The summed E-state index contributed by atoms with van der Waals surface area (Å²) in [6.07, 6.45) is 1.78. The molecule has 0 aromatic heterocycles. The maximum absolute atomic E-state index is 12.9. The first kappa shape index (κ1) is 11.7. The van der Waals surface area contributed by atoms with E-state index in [1.165, 1.54) is 12.1 Å². The second-order valence-corrected chi connectivity index (χ2v) is 4.61. The number of nitrogens with one attached hydrogen (secondary N) is 1. The second kappa shape index (κ2) is 4.35. The molecule has 19 heavy (non-hydrogen) atoms. The number of anilines is 1. The van der Waals surface area contributed by atoms with Crippen molar-refractivity contribution >= 4 is 23.2 Å². The predicted octanol–water partition coefficient (Wildman–Crippen LogP) is 3.63. The van der Waals surface area contributed by atoms with Crippen molar-refractivity contribution in [1.82, 2.24) is 0 Å². The molecule has 1 N–H and O–H groups in total. The molecule has 1 heterocycles. The fourth-order valence-electron chi connectivity index (χ4n) is 2.17. The van der Waals surface area contributed by atoms with Crippen molar-refractivity contribution in [2.45, 2.75) is 6.92 Å². The van der Waals surface area contributed by atoms with Crippen molar-refractivity contribution < 1.29 is 9.18 Å². The van der Waals surface area contributed by atoms with Crippen LogP contribution in [0.3, 0.4) is 0 Å². The number of rotatable bonds is 1. The summed E-state index contributed by atoms with van der Waals surface area (Å²) >= 11 is 0. The average molecular weight is 253 g/mol. The highest BCUT2D eigenvalue weighted by Gasteiger charge is 2.23. The molecule has 94 valence electrons. The van der Waals surface area contributed by atoms with Crippen LogP contribution >= 0.6 is 0 Å². The van der Waals surface area contributed by atoms with Crippen LogP contribution in [0.1, 0.15) is 16.7 Å². The number of halogens is 1. The third-order valence-electron chi connectivity index (χ3n) is 3.14. The maximum Gasteiger partial charge on any atom is 0.256 e. The molecule has 0 aliphatic carbocycles. The van der Waals surface area contributed by atoms with Gasteiger partial charge in [0, 0.05) is 16.8 Å².